The Morgan fingerprint density at radius 1 is 1.00 bits per heavy atom. The number of carboxylic acids is 2. The Kier molecular flexibility index (Phi) is 7.93. The van der Waals surface area contributed by atoms with Crippen LogP contribution < -0.4 is 10.5 Å². The lowest BCUT2D eigenvalue weighted by atomic mass is 10.1. The van der Waals surface area contributed by atoms with E-state index in [9.17, 15) is 4.39 Å². The van der Waals surface area contributed by atoms with Crippen LogP contribution in [0.3, 0.4) is 0 Å². The first-order valence-corrected chi connectivity index (χ1v) is 7.08. The van der Waals surface area contributed by atoms with Gasteiger partial charge in [0, 0.05) is 6.42 Å². The van der Waals surface area contributed by atoms with Crippen molar-refractivity contribution in [2.75, 3.05) is 6.54 Å². The summed E-state index contributed by atoms with van der Waals surface area (Å²) in [6, 6.07) is 16.1. The van der Waals surface area contributed by atoms with Crippen molar-refractivity contribution in [3.8, 4) is 5.75 Å². The summed E-state index contributed by atoms with van der Waals surface area (Å²) in [6.07, 6.45) is 0.436. The lowest BCUT2D eigenvalue weighted by Crippen LogP contribution is -2.13. The molecule has 0 bridgehead atoms. The fraction of sp³-hybridized carbons (Fsp3) is 0.176. The molecule has 6 nitrogen and oxygen atoms in total. The number of rotatable bonds is 5. The van der Waals surface area contributed by atoms with Crippen LogP contribution >= 0.6 is 0 Å². The number of benzene rings is 2. The molecule has 2 rings (SSSR count). The average Bonchev–Trinajstić information content (AvgIpc) is 2.57. The SMILES string of the molecule is NCCC(Oc1ccccc1F)c1ccccc1.O=C(O)C(=O)O. The van der Waals surface area contributed by atoms with Crippen LogP contribution in [0.15, 0.2) is 54.6 Å². The van der Waals surface area contributed by atoms with Gasteiger partial charge in [-0.25, -0.2) is 14.0 Å². The van der Waals surface area contributed by atoms with E-state index in [-0.39, 0.29) is 17.7 Å². The molecule has 24 heavy (non-hydrogen) atoms. The molecule has 0 amide bonds. The van der Waals surface area contributed by atoms with E-state index in [2.05, 4.69) is 0 Å². The number of aliphatic carboxylic acids is 2. The van der Waals surface area contributed by atoms with E-state index in [1.54, 1.807) is 18.2 Å². The Labute approximate surface area is 138 Å². The molecule has 0 aliphatic heterocycles. The summed E-state index contributed by atoms with van der Waals surface area (Å²) in [7, 11) is 0. The van der Waals surface area contributed by atoms with E-state index < -0.39 is 11.9 Å². The molecule has 0 radical (unpaired) electrons. The van der Waals surface area contributed by atoms with E-state index >= 15 is 0 Å². The van der Waals surface area contributed by atoms with Crippen molar-refractivity contribution in [1.29, 1.82) is 0 Å². The van der Waals surface area contributed by atoms with Gasteiger partial charge in [0.15, 0.2) is 11.6 Å². The number of halogens is 1. The molecule has 1 unspecified atom stereocenters. The molecule has 7 heteroatoms. The minimum absolute atomic E-state index is 0.215. The predicted octanol–water partition coefficient (Wildman–Crippen LogP) is 2.45. The summed E-state index contributed by atoms with van der Waals surface area (Å²) in [5.74, 6) is -3.74. The van der Waals surface area contributed by atoms with E-state index in [1.807, 2.05) is 30.3 Å². The zero-order valence-electron chi connectivity index (χ0n) is 12.8. The van der Waals surface area contributed by atoms with Crippen LogP contribution in [0.1, 0.15) is 18.1 Å². The van der Waals surface area contributed by atoms with Gasteiger partial charge in [-0.05, 0) is 24.2 Å². The standard InChI is InChI=1S/C15H16FNO.C2H2O4/c16-13-8-4-5-9-15(13)18-14(10-11-17)12-6-2-1-3-7-12;3-1(4)2(5)6/h1-9,14H,10-11,17H2;(H,3,4)(H,5,6). The minimum atomic E-state index is -1.82. The zero-order valence-corrected chi connectivity index (χ0v) is 12.8. The van der Waals surface area contributed by atoms with Gasteiger partial charge in [0.05, 0.1) is 0 Å². The first-order chi connectivity index (χ1) is 11.5. The maximum atomic E-state index is 13.5. The first kappa shape index (κ1) is 19.1. The Morgan fingerprint density at radius 3 is 2.04 bits per heavy atom. The largest absolute Gasteiger partial charge is 0.483 e. The highest BCUT2D eigenvalue weighted by molar-refractivity contribution is 6.27. The van der Waals surface area contributed by atoms with Gasteiger partial charge in [-0.15, -0.1) is 0 Å². The highest BCUT2D eigenvalue weighted by Gasteiger charge is 2.14. The summed E-state index contributed by atoms with van der Waals surface area (Å²) in [4.78, 5) is 18.2. The molecule has 2 aromatic rings. The molecule has 0 saturated carbocycles. The Hall–Kier alpha value is -2.93. The second kappa shape index (κ2) is 9.96. The summed E-state index contributed by atoms with van der Waals surface area (Å²) in [5.41, 5.74) is 6.59. The number of carboxylic acid groups (broad SMARTS) is 2. The third-order valence-electron chi connectivity index (χ3n) is 2.89. The zero-order chi connectivity index (χ0) is 17.9. The third kappa shape index (κ3) is 6.45. The van der Waals surface area contributed by atoms with Crippen LogP contribution in [0, 0.1) is 5.82 Å². The summed E-state index contributed by atoms with van der Waals surface area (Å²) in [6.45, 7) is 0.494. The topological polar surface area (TPSA) is 110 Å². The Balaban J connectivity index is 0.000000413. The lowest BCUT2D eigenvalue weighted by Gasteiger charge is -2.19. The molecule has 0 aromatic heterocycles. The molecule has 0 aliphatic carbocycles. The molecule has 0 spiro atoms. The van der Waals surface area contributed by atoms with Gasteiger partial charge in [-0.1, -0.05) is 42.5 Å². The van der Waals surface area contributed by atoms with Crippen LogP contribution in [-0.4, -0.2) is 28.7 Å². The molecule has 0 saturated heterocycles. The maximum absolute atomic E-state index is 13.5. The molecule has 128 valence electrons. The van der Waals surface area contributed by atoms with E-state index in [0.717, 1.165) is 5.56 Å². The highest BCUT2D eigenvalue weighted by Crippen LogP contribution is 2.26. The van der Waals surface area contributed by atoms with Crippen LogP contribution in [0.4, 0.5) is 4.39 Å². The first-order valence-electron chi connectivity index (χ1n) is 7.08. The summed E-state index contributed by atoms with van der Waals surface area (Å²) in [5, 5.41) is 14.8. The molecular formula is C17H18FNO5. The number of hydrogen-bond donors (Lipinski definition) is 3. The molecule has 0 fully saturated rings. The molecule has 0 aliphatic rings. The summed E-state index contributed by atoms with van der Waals surface area (Å²) < 4.78 is 19.3. The Bertz CT molecular complexity index is 651. The number of carbonyl (C=O) groups is 2. The van der Waals surface area contributed by atoms with Crippen molar-refractivity contribution in [2.24, 2.45) is 5.73 Å². The molecule has 4 N–H and O–H groups in total. The van der Waals surface area contributed by atoms with Crippen molar-refractivity contribution >= 4 is 11.9 Å². The van der Waals surface area contributed by atoms with Crippen molar-refractivity contribution in [3.05, 3.63) is 66.0 Å². The minimum Gasteiger partial charge on any atom is -0.483 e. The van der Waals surface area contributed by atoms with Gasteiger partial charge >= 0.3 is 11.9 Å². The maximum Gasteiger partial charge on any atom is 0.414 e. The van der Waals surface area contributed by atoms with Gasteiger partial charge in [0.2, 0.25) is 0 Å². The monoisotopic (exact) mass is 335 g/mol. The molecular weight excluding hydrogens is 317 g/mol. The average molecular weight is 335 g/mol. The second-order valence-corrected chi connectivity index (χ2v) is 4.64. The predicted molar refractivity (Wildman–Crippen MR) is 85.2 cm³/mol. The van der Waals surface area contributed by atoms with Crippen LogP contribution in [-0.2, 0) is 9.59 Å². The second-order valence-electron chi connectivity index (χ2n) is 4.64. The number of para-hydroxylation sites is 1. The highest BCUT2D eigenvalue weighted by atomic mass is 19.1. The number of hydrogen-bond acceptors (Lipinski definition) is 4. The number of ether oxygens (including phenoxy) is 1. The van der Waals surface area contributed by atoms with E-state index in [4.69, 9.17) is 30.3 Å². The van der Waals surface area contributed by atoms with Crippen LogP contribution in [0.2, 0.25) is 0 Å². The van der Waals surface area contributed by atoms with Crippen molar-refractivity contribution in [3.63, 3.8) is 0 Å². The molecule has 1 atom stereocenters. The van der Waals surface area contributed by atoms with Gasteiger partial charge < -0.3 is 20.7 Å². The lowest BCUT2D eigenvalue weighted by molar-refractivity contribution is -0.159. The van der Waals surface area contributed by atoms with Gasteiger partial charge in [-0.2, -0.15) is 0 Å². The van der Waals surface area contributed by atoms with Crippen molar-refractivity contribution in [2.45, 2.75) is 12.5 Å². The van der Waals surface area contributed by atoms with Gasteiger partial charge in [0.1, 0.15) is 6.10 Å². The quantitative estimate of drug-likeness (QED) is 0.724. The van der Waals surface area contributed by atoms with Crippen molar-refractivity contribution < 1.29 is 28.9 Å². The molecule has 0 heterocycles. The normalized spacial score (nSPS) is 10.9. The summed E-state index contributed by atoms with van der Waals surface area (Å²) >= 11 is 0. The van der Waals surface area contributed by atoms with E-state index in [1.165, 1.54) is 6.07 Å². The molecule has 2 aromatic carbocycles. The van der Waals surface area contributed by atoms with Crippen LogP contribution in [0.5, 0.6) is 5.75 Å². The van der Waals surface area contributed by atoms with Gasteiger partial charge in [-0.3, -0.25) is 0 Å². The third-order valence-corrected chi connectivity index (χ3v) is 2.89. The van der Waals surface area contributed by atoms with E-state index in [0.29, 0.717) is 13.0 Å². The van der Waals surface area contributed by atoms with Crippen LogP contribution in [0.25, 0.3) is 0 Å². The smallest absolute Gasteiger partial charge is 0.414 e. The van der Waals surface area contributed by atoms with Crippen molar-refractivity contribution in [1.82, 2.24) is 0 Å². The fourth-order valence-electron chi connectivity index (χ4n) is 1.81. The fourth-order valence-corrected chi connectivity index (χ4v) is 1.81. The Morgan fingerprint density at radius 2 is 1.54 bits per heavy atom. The van der Waals surface area contributed by atoms with Gasteiger partial charge in [0.25, 0.3) is 0 Å². The number of nitrogens with two attached hydrogens (primary N) is 1.